The summed E-state index contributed by atoms with van der Waals surface area (Å²) in [4.78, 5) is 4.22. The SMILES string of the molecule is CN=C(NC)NC1C2CCOC2C12CCC2.I. The lowest BCUT2D eigenvalue weighted by atomic mass is 9.46. The lowest BCUT2D eigenvalue weighted by Crippen LogP contribution is -2.72. The summed E-state index contributed by atoms with van der Waals surface area (Å²) in [5, 5.41) is 6.69. The van der Waals surface area contributed by atoms with Crippen molar-refractivity contribution < 1.29 is 4.74 Å². The molecular weight excluding hydrogens is 329 g/mol. The first-order chi connectivity index (χ1) is 7.81. The van der Waals surface area contributed by atoms with Crippen LogP contribution in [0.15, 0.2) is 4.99 Å². The molecular formula is C12H22IN3O. The van der Waals surface area contributed by atoms with Gasteiger partial charge in [-0.1, -0.05) is 6.42 Å². The zero-order chi connectivity index (χ0) is 11.2. The second-order valence-electron chi connectivity index (χ2n) is 5.27. The van der Waals surface area contributed by atoms with Crippen LogP contribution in [0.2, 0.25) is 0 Å². The number of fused-ring (bicyclic) bond motifs is 2. The minimum absolute atomic E-state index is 0. The third-order valence-electron chi connectivity index (χ3n) is 4.79. The molecule has 4 nitrogen and oxygen atoms in total. The van der Waals surface area contributed by atoms with Crippen molar-refractivity contribution in [3.63, 3.8) is 0 Å². The van der Waals surface area contributed by atoms with Crippen molar-refractivity contribution in [3.05, 3.63) is 0 Å². The van der Waals surface area contributed by atoms with Crippen LogP contribution in [0.3, 0.4) is 0 Å². The van der Waals surface area contributed by atoms with E-state index < -0.39 is 0 Å². The third kappa shape index (κ3) is 1.77. The zero-order valence-corrected chi connectivity index (χ0v) is 12.9. The maximum atomic E-state index is 5.89. The molecule has 98 valence electrons. The average molecular weight is 351 g/mol. The summed E-state index contributed by atoms with van der Waals surface area (Å²) in [5.74, 6) is 1.63. The van der Waals surface area contributed by atoms with Crippen LogP contribution in [-0.4, -0.2) is 38.8 Å². The average Bonchev–Trinajstić information content (AvgIpc) is 2.63. The molecule has 3 rings (SSSR count). The van der Waals surface area contributed by atoms with Gasteiger partial charge in [-0.05, 0) is 19.3 Å². The quantitative estimate of drug-likeness (QED) is 0.426. The van der Waals surface area contributed by atoms with Crippen LogP contribution < -0.4 is 10.6 Å². The molecule has 1 spiro atoms. The molecule has 3 fully saturated rings. The van der Waals surface area contributed by atoms with E-state index in [-0.39, 0.29) is 24.0 Å². The molecule has 2 N–H and O–H groups in total. The normalized spacial score (nSPS) is 37.5. The fourth-order valence-corrected chi connectivity index (χ4v) is 3.85. The van der Waals surface area contributed by atoms with Crippen molar-refractivity contribution in [2.75, 3.05) is 20.7 Å². The number of ether oxygens (including phenoxy) is 1. The molecule has 0 amide bonds. The van der Waals surface area contributed by atoms with Crippen molar-refractivity contribution in [1.82, 2.24) is 10.6 Å². The fraction of sp³-hybridized carbons (Fsp3) is 0.917. The van der Waals surface area contributed by atoms with E-state index in [9.17, 15) is 0 Å². The Morgan fingerprint density at radius 2 is 2.18 bits per heavy atom. The molecule has 5 heteroatoms. The number of hydrogen-bond donors (Lipinski definition) is 2. The maximum Gasteiger partial charge on any atom is 0.190 e. The lowest BCUT2D eigenvalue weighted by Gasteiger charge is -2.63. The Kier molecular flexibility index (Phi) is 3.87. The molecule has 0 radical (unpaired) electrons. The van der Waals surface area contributed by atoms with Gasteiger partial charge in [-0.3, -0.25) is 4.99 Å². The Labute approximate surface area is 120 Å². The Balaban J connectivity index is 0.00000108. The number of hydrogen-bond acceptors (Lipinski definition) is 2. The van der Waals surface area contributed by atoms with E-state index in [2.05, 4.69) is 15.6 Å². The summed E-state index contributed by atoms with van der Waals surface area (Å²) >= 11 is 0. The standard InChI is InChI=1S/C12H21N3O.HI/c1-13-11(14-2)15-9-8-4-7-16-10(8)12(9)5-3-6-12;/h8-10H,3-7H2,1-2H3,(H2,13,14,15);1H. The Morgan fingerprint density at radius 3 is 2.71 bits per heavy atom. The molecule has 2 saturated carbocycles. The maximum absolute atomic E-state index is 5.89. The predicted octanol–water partition coefficient (Wildman–Crippen LogP) is 1.36. The van der Waals surface area contributed by atoms with Gasteiger partial charge in [0, 0.05) is 38.1 Å². The number of guanidine groups is 1. The van der Waals surface area contributed by atoms with Crippen LogP contribution in [0.5, 0.6) is 0 Å². The molecule has 3 unspecified atom stereocenters. The van der Waals surface area contributed by atoms with Gasteiger partial charge in [0.05, 0.1) is 6.10 Å². The predicted molar refractivity (Wildman–Crippen MR) is 78.9 cm³/mol. The summed E-state index contributed by atoms with van der Waals surface area (Å²) < 4.78 is 5.89. The van der Waals surface area contributed by atoms with Gasteiger partial charge in [-0.25, -0.2) is 0 Å². The number of rotatable bonds is 1. The Morgan fingerprint density at radius 1 is 1.41 bits per heavy atom. The molecule has 3 aliphatic rings. The second-order valence-corrected chi connectivity index (χ2v) is 5.27. The number of aliphatic imine (C=N–C) groups is 1. The summed E-state index contributed by atoms with van der Waals surface area (Å²) in [7, 11) is 3.75. The van der Waals surface area contributed by atoms with Gasteiger partial charge in [-0.2, -0.15) is 0 Å². The van der Waals surface area contributed by atoms with Gasteiger partial charge in [-0.15, -0.1) is 24.0 Å². The largest absolute Gasteiger partial charge is 0.377 e. The van der Waals surface area contributed by atoms with E-state index in [1.807, 2.05) is 14.1 Å². The highest BCUT2D eigenvalue weighted by atomic mass is 127. The van der Waals surface area contributed by atoms with E-state index in [1.165, 1.54) is 25.7 Å². The highest BCUT2D eigenvalue weighted by Gasteiger charge is 2.66. The van der Waals surface area contributed by atoms with Crippen LogP contribution in [0.4, 0.5) is 0 Å². The van der Waals surface area contributed by atoms with Gasteiger partial charge >= 0.3 is 0 Å². The van der Waals surface area contributed by atoms with Crippen molar-refractivity contribution in [2.24, 2.45) is 16.3 Å². The zero-order valence-electron chi connectivity index (χ0n) is 10.5. The minimum Gasteiger partial charge on any atom is -0.377 e. The van der Waals surface area contributed by atoms with Gasteiger partial charge in [0.25, 0.3) is 0 Å². The highest BCUT2D eigenvalue weighted by Crippen LogP contribution is 2.62. The molecule has 17 heavy (non-hydrogen) atoms. The molecule has 1 aliphatic heterocycles. The molecule has 0 bridgehead atoms. The first-order valence-electron chi connectivity index (χ1n) is 6.34. The molecule has 0 aromatic rings. The number of halogens is 1. The van der Waals surface area contributed by atoms with Crippen molar-refractivity contribution >= 4 is 29.9 Å². The van der Waals surface area contributed by atoms with Gasteiger partial charge < -0.3 is 15.4 Å². The van der Waals surface area contributed by atoms with Crippen LogP contribution in [0.1, 0.15) is 25.7 Å². The summed E-state index contributed by atoms with van der Waals surface area (Å²) in [6.07, 6.45) is 5.76. The van der Waals surface area contributed by atoms with E-state index in [0.717, 1.165) is 12.6 Å². The van der Waals surface area contributed by atoms with Gasteiger partial charge in [0.15, 0.2) is 5.96 Å². The van der Waals surface area contributed by atoms with Gasteiger partial charge in [0.2, 0.25) is 0 Å². The van der Waals surface area contributed by atoms with Crippen LogP contribution in [-0.2, 0) is 4.74 Å². The summed E-state index contributed by atoms with van der Waals surface area (Å²) in [5.41, 5.74) is 0.438. The van der Waals surface area contributed by atoms with Crippen molar-refractivity contribution in [1.29, 1.82) is 0 Å². The van der Waals surface area contributed by atoms with E-state index >= 15 is 0 Å². The molecule has 1 saturated heterocycles. The smallest absolute Gasteiger partial charge is 0.190 e. The first kappa shape index (κ1) is 13.4. The lowest BCUT2D eigenvalue weighted by molar-refractivity contribution is -0.171. The number of nitrogens with one attached hydrogen (secondary N) is 2. The topological polar surface area (TPSA) is 45.7 Å². The van der Waals surface area contributed by atoms with E-state index in [0.29, 0.717) is 23.5 Å². The first-order valence-corrected chi connectivity index (χ1v) is 6.34. The molecule has 2 aliphatic carbocycles. The van der Waals surface area contributed by atoms with Crippen LogP contribution >= 0.6 is 24.0 Å². The Hall–Kier alpha value is -0.0400. The monoisotopic (exact) mass is 351 g/mol. The van der Waals surface area contributed by atoms with Gasteiger partial charge in [0.1, 0.15) is 0 Å². The molecule has 0 aromatic heterocycles. The highest BCUT2D eigenvalue weighted by molar-refractivity contribution is 14.0. The van der Waals surface area contributed by atoms with E-state index in [1.54, 1.807) is 0 Å². The van der Waals surface area contributed by atoms with Crippen molar-refractivity contribution in [3.8, 4) is 0 Å². The Bertz CT molecular complexity index is 317. The number of nitrogens with zero attached hydrogens (tertiary/aromatic N) is 1. The summed E-state index contributed by atoms with van der Waals surface area (Å²) in [6.45, 7) is 0.952. The fourth-order valence-electron chi connectivity index (χ4n) is 3.85. The minimum atomic E-state index is 0. The van der Waals surface area contributed by atoms with Crippen LogP contribution in [0, 0.1) is 11.3 Å². The molecule has 1 heterocycles. The second kappa shape index (κ2) is 4.91. The van der Waals surface area contributed by atoms with Crippen molar-refractivity contribution in [2.45, 2.75) is 37.8 Å². The third-order valence-corrected chi connectivity index (χ3v) is 4.79. The molecule has 0 aromatic carbocycles. The molecule has 3 atom stereocenters. The summed E-state index contributed by atoms with van der Waals surface area (Å²) in [6, 6.07) is 0.583. The van der Waals surface area contributed by atoms with Crippen LogP contribution in [0.25, 0.3) is 0 Å². The van der Waals surface area contributed by atoms with E-state index in [4.69, 9.17) is 4.74 Å².